The molecule has 0 bridgehead atoms. The number of fused-ring (bicyclic) bond motifs is 1. The van der Waals surface area contributed by atoms with E-state index >= 15 is 0 Å². The molecule has 3 rings (SSSR count). The molecule has 0 aliphatic carbocycles. The van der Waals surface area contributed by atoms with Crippen molar-refractivity contribution < 1.29 is 9.47 Å². The molecular formula is C16H22N4O2. The van der Waals surface area contributed by atoms with Crippen molar-refractivity contribution in [3.63, 3.8) is 0 Å². The summed E-state index contributed by atoms with van der Waals surface area (Å²) in [5.41, 5.74) is 1.15. The van der Waals surface area contributed by atoms with Crippen molar-refractivity contribution in [2.75, 3.05) is 20.3 Å². The highest BCUT2D eigenvalue weighted by Gasteiger charge is 2.18. The number of ether oxygens (including phenoxy) is 2. The summed E-state index contributed by atoms with van der Waals surface area (Å²) < 4.78 is 13.3. The van der Waals surface area contributed by atoms with Crippen molar-refractivity contribution in [2.45, 2.75) is 33.0 Å². The molecule has 0 fully saturated rings. The standard InChI is InChI=1S/C16H22N4O2/c1-3-20-15(17-12-18-20)11-19-8-5-9-22-16-13(10-19)6-4-7-14(16)21-2/h4,6-7,12H,3,5,8-11H2,1-2H3. The summed E-state index contributed by atoms with van der Waals surface area (Å²) >= 11 is 0. The van der Waals surface area contributed by atoms with Gasteiger partial charge in [-0.1, -0.05) is 12.1 Å². The Balaban J connectivity index is 1.82. The smallest absolute Gasteiger partial charge is 0.165 e. The first-order valence-corrected chi connectivity index (χ1v) is 7.69. The average Bonchev–Trinajstić information content (AvgIpc) is 2.96. The summed E-state index contributed by atoms with van der Waals surface area (Å²) in [4.78, 5) is 6.76. The van der Waals surface area contributed by atoms with Crippen LogP contribution in [0, 0.1) is 0 Å². The number of benzene rings is 1. The molecule has 0 N–H and O–H groups in total. The highest BCUT2D eigenvalue weighted by Crippen LogP contribution is 2.33. The fourth-order valence-corrected chi connectivity index (χ4v) is 2.80. The van der Waals surface area contributed by atoms with Gasteiger partial charge in [0.2, 0.25) is 0 Å². The van der Waals surface area contributed by atoms with E-state index in [4.69, 9.17) is 9.47 Å². The zero-order valence-corrected chi connectivity index (χ0v) is 13.2. The molecule has 0 amide bonds. The highest BCUT2D eigenvalue weighted by atomic mass is 16.5. The summed E-state index contributed by atoms with van der Waals surface area (Å²) in [6.07, 6.45) is 2.61. The molecule has 0 spiro atoms. The van der Waals surface area contributed by atoms with Crippen LogP contribution >= 0.6 is 0 Å². The van der Waals surface area contributed by atoms with Crippen molar-refractivity contribution in [2.24, 2.45) is 0 Å². The molecule has 118 valence electrons. The number of hydrogen-bond acceptors (Lipinski definition) is 5. The van der Waals surface area contributed by atoms with Crippen LogP contribution in [0.5, 0.6) is 11.5 Å². The lowest BCUT2D eigenvalue weighted by molar-refractivity contribution is 0.190. The summed E-state index contributed by atoms with van der Waals surface area (Å²) in [7, 11) is 1.68. The lowest BCUT2D eigenvalue weighted by Gasteiger charge is -2.26. The van der Waals surface area contributed by atoms with Crippen LogP contribution in [0.4, 0.5) is 0 Å². The third-order valence-corrected chi connectivity index (χ3v) is 3.90. The maximum Gasteiger partial charge on any atom is 0.165 e. The fourth-order valence-electron chi connectivity index (χ4n) is 2.80. The highest BCUT2D eigenvalue weighted by molar-refractivity contribution is 5.46. The van der Waals surface area contributed by atoms with Crippen molar-refractivity contribution in [3.8, 4) is 11.5 Å². The van der Waals surface area contributed by atoms with E-state index in [1.54, 1.807) is 13.4 Å². The second-order valence-electron chi connectivity index (χ2n) is 5.35. The molecule has 0 saturated heterocycles. The maximum atomic E-state index is 5.89. The molecule has 1 aromatic heterocycles. The Morgan fingerprint density at radius 2 is 2.27 bits per heavy atom. The molecule has 6 heteroatoms. The Kier molecular flexibility index (Phi) is 4.58. The van der Waals surface area contributed by atoms with E-state index in [2.05, 4.69) is 28.0 Å². The van der Waals surface area contributed by atoms with Gasteiger partial charge in [0, 0.05) is 25.2 Å². The summed E-state index contributed by atoms with van der Waals surface area (Å²) in [6, 6.07) is 6.05. The van der Waals surface area contributed by atoms with E-state index in [0.29, 0.717) is 6.61 Å². The van der Waals surface area contributed by atoms with Gasteiger partial charge in [-0.25, -0.2) is 9.67 Å². The van der Waals surface area contributed by atoms with Gasteiger partial charge in [-0.15, -0.1) is 0 Å². The SMILES string of the molecule is CCn1ncnc1CN1CCCOc2c(cccc2OC)C1. The predicted molar refractivity (Wildman–Crippen MR) is 82.9 cm³/mol. The van der Waals surface area contributed by atoms with Crippen LogP contribution in [0.25, 0.3) is 0 Å². The van der Waals surface area contributed by atoms with Crippen LogP contribution in [0.2, 0.25) is 0 Å². The van der Waals surface area contributed by atoms with Crippen LogP contribution in [0.15, 0.2) is 24.5 Å². The van der Waals surface area contributed by atoms with Crippen LogP contribution in [-0.4, -0.2) is 39.9 Å². The monoisotopic (exact) mass is 302 g/mol. The van der Waals surface area contributed by atoms with Gasteiger partial charge in [0.25, 0.3) is 0 Å². The van der Waals surface area contributed by atoms with E-state index in [1.165, 1.54) is 0 Å². The number of nitrogens with zero attached hydrogens (tertiary/aromatic N) is 4. The second kappa shape index (κ2) is 6.79. The molecule has 0 atom stereocenters. The third kappa shape index (κ3) is 3.06. The van der Waals surface area contributed by atoms with Crippen LogP contribution in [-0.2, 0) is 19.6 Å². The Labute approximate surface area is 130 Å². The molecule has 0 saturated carbocycles. The molecule has 1 aliphatic rings. The van der Waals surface area contributed by atoms with E-state index in [1.807, 2.05) is 16.8 Å². The molecule has 2 heterocycles. The Morgan fingerprint density at radius 1 is 1.36 bits per heavy atom. The van der Waals surface area contributed by atoms with Crippen LogP contribution < -0.4 is 9.47 Å². The molecule has 6 nitrogen and oxygen atoms in total. The molecule has 0 unspecified atom stereocenters. The van der Waals surface area contributed by atoms with E-state index in [-0.39, 0.29) is 0 Å². The number of para-hydroxylation sites is 1. The molecular weight excluding hydrogens is 280 g/mol. The summed E-state index contributed by atoms with van der Waals surface area (Å²) in [5, 5.41) is 4.25. The van der Waals surface area contributed by atoms with Gasteiger partial charge in [0.1, 0.15) is 12.2 Å². The summed E-state index contributed by atoms with van der Waals surface area (Å²) in [6.45, 7) is 6.22. The minimum absolute atomic E-state index is 0.699. The number of aromatic nitrogens is 3. The summed E-state index contributed by atoms with van der Waals surface area (Å²) in [5.74, 6) is 2.68. The average molecular weight is 302 g/mol. The lowest BCUT2D eigenvalue weighted by atomic mass is 10.1. The molecule has 22 heavy (non-hydrogen) atoms. The van der Waals surface area contributed by atoms with Gasteiger partial charge in [-0.05, 0) is 19.4 Å². The normalized spacial score (nSPS) is 15.5. The first kappa shape index (κ1) is 14.8. The quantitative estimate of drug-likeness (QED) is 0.865. The van der Waals surface area contributed by atoms with Gasteiger partial charge in [-0.3, -0.25) is 4.90 Å². The van der Waals surface area contributed by atoms with Crippen molar-refractivity contribution in [1.29, 1.82) is 0 Å². The molecule has 0 radical (unpaired) electrons. The second-order valence-corrected chi connectivity index (χ2v) is 5.35. The van der Waals surface area contributed by atoms with Crippen LogP contribution in [0.1, 0.15) is 24.7 Å². The van der Waals surface area contributed by atoms with Gasteiger partial charge >= 0.3 is 0 Å². The zero-order valence-electron chi connectivity index (χ0n) is 13.2. The van der Waals surface area contributed by atoms with Gasteiger partial charge in [0.15, 0.2) is 11.5 Å². The van der Waals surface area contributed by atoms with Gasteiger partial charge in [0.05, 0.1) is 20.3 Å². The first-order chi connectivity index (χ1) is 10.8. The van der Waals surface area contributed by atoms with E-state index in [9.17, 15) is 0 Å². The van der Waals surface area contributed by atoms with Gasteiger partial charge < -0.3 is 9.47 Å². The number of aryl methyl sites for hydroxylation is 1. The topological polar surface area (TPSA) is 52.4 Å². The lowest BCUT2D eigenvalue weighted by Crippen LogP contribution is -2.29. The van der Waals surface area contributed by atoms with Gasteiger partial charge in [-0.2, -0.15) is 5.10 Å². The number of methoxy groups -OCH3 is 1. The maximum absolute atomic E-state index is 5.89. The Hall–Kier alpha value is -2.08. The third-order valence-electron chi connectivity index (χ3n) is 3.90. The molecule has 1 aliphatic heterocycles. The minimum atomic E-state index is 0.699. The number of hydrogen-bond donors (Lipinski definition) is 0. The predicted octanol–water partition coefficient (Wildman–Crippen LogP) is 2.09. The van der Waals surface area contributed by atoms with E-state index < -0.39 is 0 Å². The van der Waals surface area contributed by atoms with Crippen molar-refractivity contribution in [3.05, 3.63) is 35.9 Å². The first-order valence-electron chi connectivity index (χ1n) is 7.69. The fraction of sp³-hybridized carbons (Fsp3) is 0.500. The zero-order chi connectivity index (χ0) is 15.4. The molecule has 1 aromatic carbocycles. The van der Waals surface area contributed by atoms with Crippen molar-refractivity contribution in [1.82, 2.24) is 19.7 Å². The number of rotatable bonds is 4. The largest absolute Gasteiger partial charge is 0.493 e. The minimum Gasteiger partial charge on any atom is -0.493 e. The molecule has 2 aromatic rings. The van der Waals surface area contributed by atoms with Crippen LogP contribution in [0.3, 0.4) is 0 Å². The van der Waals surface area contributed by atoms with Crippen molar-refractivity contribution >= 4 is 0 Å². The Bertz CT molecular complexity index is 626. The van der Waals surface area contributed by atoms with E-state index in [0.717, 1.165) is 55.5 Å². The Morgan fingerprint density at radius 3 is 3.09 bits per heavy atom.